The molecule has 2 aliphatic heterocycles. The maximum atomic E-state index is 12.4. The van der Waals surface area contributed by atoms with Gasteiger partial charge >= 0.3 is 0 Å². The van der Waals surface area contributed by atoms with E-state index in [1.807, 2.05) is 0 Å². The standard InChI is InChI=1S/C16H25N5O4/c1-12-18-19-14(25-12)10-17-16(23)13-2-3-15(22)21(11-13)5-4-20-6-8-24-9-7-20/h13H,2-11H2,1H3,(H,17,23)/t13-/m1/s1. The number of carbonyl (C=O) groups is 2. The first-order chi connectivity index (χ1) is 12.1. The Morgan fingerprint density at radius 3 is 2.80 bits per heavy atom. The maximum Gasteiger partial charge on any atom is 0.235 e. The summed E-state index contributed by atoms with van der Waals surface area (Å²) < 4.78 is 10.6. The quantitative estimate of drug-likeness (QED) is 0.742. The summed E-state index contributed by atoms with van der Waals surface area (Å²) in [6, 6.07) is 0. The zero-order chi connectivity index (χ0) is 17.6. The van der Waals surface area contributed by atoms with Crippen molar-refractivity contribution >= 4 is 11.8 Å². The van der Waals surface area contributed by atoms with Crippen molar-refractivity contribution in [1.82, 2.24) is 25.3 Å². The Bertz CT molecular complexity index is 599. The number of morpholine rings is 1. The number of aromatic nitrogens is 2. The van der Waals surface area contributed by atoms with Gasteiger partial charge in [-0.15, -0.1) is 10.2 Å². The van der Waals surface area contributed by atoms with Crippen LogP contribution in [0.2, 0.25) is 0 Å². The average molecular weight is 351 g/mol. The molecule has 3 rings (SSSR count). The molecule has 2 saturated heterocycles. The molecule has 0 saturated carbocycles. The van der Waals surface area contributed by atoms with E-state index in [4.69, 9.17) is 9.15 Å². The van der Waals surface area contributed by atoms with Crippen LogP contribution in [0.4, 0.5) is 0 Å². The van der Waals surface area contributed by atoms with Gasteiger partial charge in [0.2, 0.25) is 23.6 Å². The largest absolute Gasteiger partial charge is 0.424 e. The van der Waals surface area contributed by atoms with Crippen LogP contribution in [-0.4, -0.2) is 77.7 Å². The minimum Gasteiger partial charge on any atom is -0.424 e. The summed E-state index contributed by atoms with van der Waals surface area (Å²) in [5, 5.41) is 10.4. The van der Waals surface area contributed by atoms with Crippen LogP contribution in [0.1, 0.15) is 24.6 Å². The summed E-state index contributed by atoms with van der Waals surface area (Å²) in [6.45, 7) is 7.16. The first-order valence-corrected chi connectivity index (χ1v) is 8.76. The number of nitrogens with one attached hydrogen (secondary N) is 1. The number of hydrogen-bond donors (Lipinski definition) is 1. The SMILES string of the molecule is Cc1nnc(CNC(=O)[C@@H]2CCC(=O)N(CCN3CCOCC3)C2)o1. The second-order valence-electron chi connectivity index (χ2n) is 6.46. The van der Waals surface area contributed by atoms with Gasteiger partial charge in [-0.1, -0.05) is 0 Å². The van der Waals surface area contributed by atoms with Crippen LogP contribution in [0, 0.1) is 12.8 Å². The Labute approximate surface area is 146 Å². The molecule has 2 aliphatic rings. The van der Waals surface area contributed by atoms with Crippen molar-refractivity contribution in [3.63, 3.8) is 0 Å². The van der Waals surface area contributed by atoms with Gasteiger partial charge in [-0.2, -0.15) is 0 Å². The van der Waals surface area contributed by atoms with Crippen molar-refractivity contribution in [3.8, 4) is 0 Å². The van der Waals surface area contributed by atoms with Gasteiger partial charge in [-0.3, -0.25) is 14.5 Å². The van der Waals surface area contributed by atoms with E-state index in [1.165, 1.54) is 0 Å². The molecule has 0 spiro atoms. The van der Waals surface area contributed by atoms with Crippen molar-refractivity contribution in [1.29, 1.82) is 0 Å². The lowest BCUT2D eigenvalue weighted by Gasteiger charge is -2.34. The van der Waals surface area contributed by atoms with Crippen LogP contribution < -0.4 is 5.32 Å². The molecule has 9 heteroatoms. The number of nitrogens with zero attached hydrogens (tertiary/aromatic N) is 4. The van der Waals surface area contributed by atoms with Gasteiger partial charge in [0.1, 0.15) is 0 Å². The van der Waals surface area contributed by atoms with E-state index in [1.54, 1.807) is 11.8 Å². The van der Waals surface area contributed by atoms with Crippen LogP contribution in [0.15, 0.2) is 4.42 Å². The fourth-order valence-electron chi connectivity index (χ4n) is 3.15. The van der Waals surface area contributed by atoms with Crippen molar-refractivity contribution in [2.75, 3.05) is 45.9 Å². The fourth-order valence-corrected chi connectivity index (χ4v) is 3.15. The zero-order valence-corrected chi connectivity index (χ0v) is 14.6. The minimum absolute atomic E-state index is 0.0697. The molecule has 0 unspecified atom stereocenters. The molecule has 3 heterocycles. The molecule has 0 bridgehead atoms. The molecule has 2 amide bonds. The van der Waals surface area contributed by atoms with Crippen molar-refractivity contribution < 1.29 is 18.7 Å². The topological polar surface area (TPSA) is 101 Å². The third kappa shape index (κ3) is 4.99. The van der Waals surface area contributed by atoms with Crippen LogP contribution in [-0.2, 0) is 20.9 Å². The van der Waals surface area contributed by atoms with E-state index in [0.29, 0.717) is 37.7 Å². The molecule has 25 heavy (non-hydrogen) atoms. The maximum absolute atomic E-state index is 12.4. The lowest BCUT2D eigenvalue weighted by atomic mass is 9.96. The first kappa shape index (κ1) is 17.8. The number of likely N-dealkylation sites (tertiary alicyclic amines) is 1. The van der Waals surface area contributed by atoms with E-state index in [2.05, 4.69) is 20.4 Å². The van der Waals surface area contributed by atoms with Gasteiger partial charge in [0.25, 0.3) is 0 Å². The number of aryl methyl sites for hydroxylation is 1. The average Bonchev–Trinajstić information content (AvgIpc) is 3.05. The van der Waals surface area contributed by atoms with Crippen LogP contribution >= 0.6 is 0 Å². The molecular weight excluding hydrogens is 326 g/mol. The summed E-state index contributed by atoms with van der Waals surface area (Å²) in [4.78, 5) is 28.6. The molecule has 0 aliphatic carbocycles. The van der Waals surface area contributed by atoms with Crippen LogP contribution in [0.3, 0.4) is 0 Å². The molecule has 0 radical (unpaired) electrons. The number of carbonyl (C=O) groups excluding carboxylic acids is 2. The number of hydrogen-bond acceptors (Lipinski definition) is 7. The Hall–Kier alpha value is -2.00. The van der Waals surface area contributed by atoms with Gasteiger partial charge < -0.3 is 19.4 Å². The predicted octanol–water partition coefficient (Wildman–Crippen LogP) is -0.435. The monoisotopic (exact) mass is 351 g/mol. The molecule has 1 aromatic heterocycles. The Balaban J connectivity index is 1.45. The number of amides is 2. The van der Waals surface area contributed by atoms with E-state index in [-0.39, 0.29) is 24.3 Å². The highest BCUT2D eigenvalue weighted by molar-refractivity contribution is 5.83. The van der Waals surface area contributed by atoms with Crippen LogP contribution in [0.5, 0.6) is 0 Å². The van der Waals surface area contributed by atoms with Gasteiger partial charge in [-0.25, -0.2) is 0 Å². The summed E-state index contributed by atoms with van der Waals surface area (Å²) in [6.07, 6.45) is 1.00. The van der Waals surface area contributed by atoms with Gasteiger partial charge in [-0.05, 0) is 6.42 Å². The van der Waals surface area contributed by atoms with Gasteiger partial charge in [0, 0.05) is 46.1 Å². The Morgan fingerprint density at radius 2 is 2.08 bits per heavy atom. The third-order valence-corrected chi connectivity index (χ3v) is 4.64. The van der Waals surface area contributed by atoms with Crippen molar-refractivity contribution in [2.45, 2.75) is 26.3 Å². The second-order valence-corrected chi connectivity index (χ2v) is 6.46. The van der Waals surface area contributed by atoms with Crippen molar-refractivity contribution in [2.24, 2.45) is 5.92 Å². The molecule has 1 atom stereocenters. The Morgan fingerprint density at radius 1 is 1.28 bits per heavy atom. The third-order valence-electron chi connectivity index (χ3n) is 4.64. The molecule has 1 N–H and O–H groups in total. The van der Waals surface area contributed by atoms with E-state index in [9.17, 15) is 9.59 Å². The zero-order valence-electron chi connectivity index (χ0n) is 14.6. The predicted molar refractivity (Wildman–Crippen MR) is 87.4 cm³/mol. The molecule has 1 aromatic rings. The van der Waals surface area contributed by atoms with Gasteiger partial charge in [0.05, 0.1) is 25.7 Å². The van der Waals surface area contributed by atoms with Crippen molar-refractivity contribution in [3.05, 3.63) is 11.8 Å². The molecule has 2 fully saturated rings. The second kappa shape index (κ2) is 8.39. The number of piperidine rings is 1. The summed E-state index contributed by atoms with van der Waals surface area (Å²) in [5.74, 6) is 0.736. The number of ether oxygens (including phenoxy) is 1. The van der Waals surface area contributed by atoms with Crippen LogP contribution in [0.25, 0.3) is 0 Å². The summed E-state index contributed by atoms with van der Waals surface area (Å²) in [7, 11) is 0. The first-order valence-electron chi connectivity index (χ1n) is 8.76. The highest BCUT2D eigenvalue weighted by atomic mass is 16.5. The fraction of sp³-hybridized carbons (Fsp3) is 0.750. The summed E-state index contributed by atoms with van der Waals surface area (Å²) in [5.41, 5.74) is 0. The normalized spacial score (nSPS) is 22.2. The van der Waals surface area contributed by atoms with E-state index in [0.717, 1.165) is 32.8 Å². The highest BCUT2D eigenvalue weighted by Crippen LogP contribution is 2.18. The van der Waals surface area contributed by atoms with E-state index < -0.39 is 0 Å². The highest BCUT2D eigenvalue weighted by Gasteiger charge is 2.30. The summed E-state index contributed by atoms with van der Waals surface area (Å²) >= 11 is 0. The molecular formula is C16H25N5O4. The molecule has 0 aromatic carbocycles. The van der Waals surface area contributed by atoms with Gasteiger partial charge in [0.15, 0.2) is 0 Å². The lowest BCUT2D eigenvalue weighted by Crippen LogP contribution is -2.49. The number of rotatable bonds is 6. The minimum atomic E-state index is -0.189. The molecule has 138 valence electrons. The Kier molecular flexibility index (Phi) is 5.98. The smallest absolute Gasteiger partial charge is 0.235 e. The molecule has 9 nitrogen and oxygen atoms in total. The lowest BCUT2D eigenvalue weighted by molar-refractivity contribution is -0.138. The van der Waals surface area contributed by atoms with E-state index >= 15 is 0 Å².